The topological polar surface area (TPSA) is 20.2 Å². The van der Waals surface area contributed by atoms with Crippen LogP contribution in [0, 0.1) is 0 Å². The zero-order valence-electron chi connectivity index (χ0n) is 12.2. The van der Waals surface area contributed by atoms with Crippen molar-refractivity contribution in [2.24, 2.45) is 0 Å². The van der Waals surface area contributed by atoms with Crippen molar-refractivity contribution in [1.29, 1.82) is 0 Å². The predicted molar refractivity (Wildman–Crippen MR) is 90.8 cm³/mol. The Morgan fingerprint density at radius 3 is 2.32 bits per heavy atom. The van der Waals surface area contributed by atoms with Crippen molar-refractivity contribution in [3.63, 3.8) is 0 Å². The van der Waals surface area contributed by atoms with Crippen molar-refractivity contribution in [2.45, 2.75) is 6.42 Å². The van der Waals surface area contributed by atoms with Crippen LogP contribution < -0.4 is 0 Å². The second-order valence-electron chi connectivity index (χ2n) is 5.57. The van der Waals surface area contributed by atoms with Gasteiger partial charge in [-0.25, -0.2) is 0 Å². The molecule has 22 heavy (non-hydrogen) atoms. The molecule has 3 aromatic rings. The van der Waals surface area contributed by atoms with Gasteiger partial charge in [-0.3, -0.25) is 0 Å². The summed E-state index contributed by atoms with van der Waals surface area (Å²) in [5.41, 5.74) is 8.28. The fourth-order valence-electron chi connectivity index (χ4n) is 3.33. The second-order valence-corrected chi connectivity index (χ2v) is 5.57. The molecule has 1 nitrogen and oxygen atoms in total. The average molecular weight is 284 g/mol. The molecule has 0 aromatic heterocycles. The first-order chi connectivity index (χ1) is 10.9. The highest BCUT2D eigenvalue weighted by atomic mass is 16.2. The lowest BCUT2D eigenvalue weighted by Crippen LogP contribution is -1.94. The summed E-state index contributed by atoms with van der Waals surface area (Å²) in [5.74, 6) is 0. The van der Waals surface area contributed by atoms with E-state index in [4.69, 9.17) is 0 Å². The smallest absolute Gasteiger partial charge is 0.0876 e. The number of fused-ring (bicyclic) bond motifs is 3. The maximum Gasteiger partial charge on any atom is 0.0876 e. The third-order valence-electron chi connectivity index (χ3n) is 4.35. The van der Waals surface area contributed by atoms with Gasteiger partial charge in [0.2, 0.25) is 0 Å². The van der Waals surface area contributed by atoms with Crippen molar-refractivity contribution < 1.29 is 5.11 Å². The van der Waals surface area contributed by atoms with Gasteiger partial charge in [-0.1, -0.05) is 72.8 Å². The van der Waals surface area contributed by atoms with Crippen LogP contribution in [0.3, 0.4) is 0 Å². The van der Waals surface area contributed by atoms with Crippen LogP contribution in [0.2, 0.25) is 0 Å². The largest absolute Gasteiger partial charge is 0.515 e. The molecule has 106 valence electrons. The van der Waals surface area contributed by atoms with Gasteiger partial charge in [-0.05, 0) is 39.8 Å². The molecule has 0 aliphatic heterocycles. The van der Waals surface area contributed by atoms with Gasteiger partial charge in [-0.2, -0.15) is 0 Å². The Balaban J connectivity index is 1.89. The number of aliphatic hydroxyl groups is 1. The summed E-state index contributed by atoms with van der Waals surface area (Å²) in [5, 5.41) is 9.82. The molecule has 0 saturated carbocycles. The molecule has 0 saturated heterocycles. The van der Waals surface area contributed by atoms with Crippen molar-refractivity contribution in [3.8, 4) is 11.1 Å². The van der Waals surface area contributed by atoms with Crippen molar-refractivity contribution in [2.75, 3.05) is 0 Å². The van der Waals surface area contributed by atoms with Crippen LogP contribution in [0.1, 0.15) is 22.3 Å². The number of aliphatic hydroxyl groups excluding tert-OH is 1. The molecule has 1 aliphatic rings. The maximum atomic E-state index is 9.82. The Kier molecular flexibility index (Phi) is 3.05. The summed E-state index contributed by atoms with van der Waals surface area (Å²) in [6, 6.07) is 24.9. The lowest BCUT2D eigenvalue weighted by molar-refractivity contribution is 0.476. The molecule has 1 aliphatic carbocycles. The van der Waals surface area contributed by atoms with Crippen LogP contribution in [-0.2, 0) is 6.42 Å². The van der Waals surface area contributed by atoms with Gasteiger partial charge in [-0.15, -0.1) is 0 Å². The van der Waals surface area contributed by atoms with Gasteiger partial charge in [0.15, 0.2) is 0 Å². The summed E-state index contributed by atoms with van der Waals surface area (Å²) in [7, 11) is 0. The lowest BCUT2D eigenvalue weighted by Gasteiger charge is -2.12. The first-order valence-electron chi connectivity index (χ1n) is 7.49. The van der Waals surface area contributed by atoms with E-state index in [1.165, 1.54) is 28.5 Å². The third kappa shape index (κ3) is 1.94. The van der Waals surface area contributed by atoms with Gasteiger partial charge in [0.1, 0.15) is 0 Å². The minimum absolute atomic E-state index is 0.880. The number of benzene rings is 3. The molecule has 0 amide bonds. The summed E-state index contributed by atoms with van der Waals surface area (Å²) < 4.78 is 0. The van der Waals surface area contributed by atoms with E-state index in [9.17, 15) is 5.11 Å². The van der Waals surface area contributed by atoms with Crippen LogP contribution in [-0.4, -0.2) is 5.11 Å². The fraction of sp³-hybridized carbons (Fsp3) is 0.0476. The number of hydrogen-bond donors (Lipinski definition) is 1. The molecule has 0 radical (unpaired) electrons. The Morgan fingerprint density at radius 2 is 1.50 bits per heavy atom. The minimum atomic E-state index is 0.880. The third-order valence-corrected chi connectivity index (χ3v) is 4.35. The molecule has 1 N–H and O–H groups in total. The van der Waals surface area contributed by atoms with E-state index in [2.05, 4.69) is 42.5 Å². The van der Waals surface area contributed by atoms with Crippen LogP contribution in [0.5, 0.6) is 0 Å². The molecule has 0 unspecified atom stereocenters. The van der Waals surface area contributed by atoms with Crippen LogP contribution >= 0.6 is 0 Å². The standard InChI is InChI=1S/C21H16O/c22-14-21(15-7-2-1-3-8-15)19-12-6-11-18-17-10-5-4-9-16(17)13-20(18)19/h1-12,14,22H,13H2. The highest BCUT2D eigenvalue weighted by Gasteiger charge is 2.22. The molecular weight excluding hydrogens is 268 g/mol. The van der Waals surface area contributed by atoms with E-state index in [0.29, 0.717) is 0 Å². The van der Waals surface area contributed by atoms with Gasteiger partial charge in [0.05, 0.1) is 6.26 Å². The molecule has 0 atom stereocenters. The Labute approximate surface area is 130 Å². The van der Waals surface area contributed by atoms with Gasteiger partial charge in [0, 0.05) is 5.57 Å². The van der Waals surface area contributed by atoms with E-state index in [0.717, 1.165) is 23.1 Å². The van der Waals surface area contributed by atoms with Crippen molar-refractivity contribution >= 4 is 5.57 Å². The molecule has 3 aromatic carbocycles. The second kappa shape index (κ2) is 5.19. The van der Waals surface area contributed by atoms with Crippen LogP contribution in [0.25, 0.3) is 16.7 Å². The monoisotopic (exact) mass is 284 g/mol. The Morgan fingerprint density at radius 1 is 0.773 bits per heavy atom. The normalized spacial score (nSPS) is 12.8. The number of hydrogen-bond acceptors (Lipinski definition) is 1. The highest BCUT2D eigenvalue weighted by Crippen LogP contribution is 2.41. The van der Waals surface area contributed by atoms with Gasteiger partial charge < -0.3 is 5.11 Å². The quantitative estimate of drug-likeness (QED) is 0.501. The number of rotatable bonds is 2. The first-order valence-corrected chi connectivity index (χ1v) is 7.49. The molecule has 0 fully saturated rings. The highest BCUT2D eigenvalue weighted by molar-refractivity contribution is 5.87. The molecule has 0 heterocycles. The van der Waals surface area contributed by atoms with E-state index in [1.807, 2.05) is 30.3 Å². The molecule has 1 heteroatoms. The Bertz CT molecular complexity index is 860. The molecule has 0 spiro atoms. The van der Waals surface area contributed by atoms with E-state index in [-0.39, 0.29) is 0 Å². The molecule has 4 rings (SSSR count). The van der Waals surface area contributed by atoms with E-state index in [1.54, 1.807) is 0 Å². The maximum absolute atomic E-state index is 9.82. The van der Waals surface area contributed by atoms with Crippen molar-refractivity contribution in [1.82, 2.24) is 0 Å². The predicted octanol–water partition coefficient (Wildman–Crippen LogP) is 5.21. The van der Waals surface area contributed by atoms with Gasteiger partial charge in [0.25, 0.3) is 0 Å². The summed E-state index contributed by atoms with van der Waals surface area (Å²) in [6.45, 7) is 0. The van der Waals surface area contributed by atoms with E-state index < -0.39 is 0 Å². The summed E-state index contributed by atoms with van der Waals surface area (Å²) in [6.07, 6.45) is 2.15. The zero-order chi connectivity index (χ0) is 14.9. The summed E-state index contributed by atoms with van der Waals surface area (Å²) in [4.78, 5) is 0. The molecular formula is C21H16O. The minimum Gasteiger partial charge on any atom is -0.515 e. The fourth-order valence-corrected chi connectivity index (χ4v) is 3.33. The van der Waals surface area contributed by atoms with Gasteiger partial charge >= 0.3 is 0 Å². The Hall–Kier alpha value is -2.80. The average Bonchev–Trinajstić information content (AvgIpc) is 2.96. The zero-order valence-corrected chi connectivity index (χ0v) is 12.2. The van der Waals surface area contributed by atoms with E-state index >= 15 is 0 Å². The van der Waals surface area contributed by atoms with Crippen LogP contribution in [0.15, 0.2) is 79.1 Å². The summed E-state index contributed by atoms with van der Waals surface area (Å²) >= 11 is 0. The lowest BCUT2D eigenvalue weighted by atomic mass is 9.92. The van der Waals surface area contributed by atoms with Crippen molar-refractivity contribution in [3.05, 3.63) is 101 Å². The molecule has 0 bridgehead atoms. The first kappa shape index (κ1) is 12.9. The van der Waals surface area contributed by atoms with Crippen LogP contribution in [0.4, 0.5) is 0 Å². The SMILES string of the molecule is OC=C(c1ccccc1)c1cccc2c1Cc1ccccc1-2.